The first-order valence-electron chi connectivity index (χ1n) is 9.69. The normalized spacial score (nSPS) is 10.6. The molecule has 0 bridgehead atoms. The molecule has 154 valence electrons. The standard InChI is InChI=1S/C25H19FN2O3/c1-16(29)17-7-10-20(11-8-17)27-25(30)15-31-24-14-23(18-5-3-2-4-6-18)28-22-12-9-19(26)13-21(22)24/h2-14H,15H2,1H3,(H,27,30). The number of fused-ring (bicyclic) bond motifs is 1. The molecule has 4 rings (SSSR count). The van der Waals surface area contributed by atoms with E-state index in [2.05, 4.69) is 10.3 Å². The molecule has 4 aromatic rings. The third-order valence-corrected chi connectivity index (χ3v) is 4.74. The number of hydrogen-bond acceptors (Lipinski definition) is 4. The molecule has 1 heterocycles. The molecular formula is C25H19FN2O3. The van der Waals surface area contributed by atoms with Crippen LogP contribution >= 0.6 is 0 Å². The Hall–Kier alpha value is -4.06. The number of anilines is 1. The number of nitrogens with one attached hydrogen (secondary N) is 1. The summed E-state index contributed by atoms with van der Waals surface area (Å²) < 4.78 is 19.6. The van der Waals surface area contributed by atoms with Gasteiger partial charge in [-0.1, -0.05) is 30.3 Å². The SMILES string of the molecule is CC(=O)c1ccc(NC(=O)COc2cc(-c3ccccc3)nc3ccc(F)cc23)cc1. The molecule has 0 atom stereocenters. The molecule has 6 heteroatoms. The molecule has 0 saturated heterocycles. The first-order chi connectivity index (χ1) is 15.0. The molecule has 0 saturated carbocycles. The number of nitrogens with zero attached hydrogens (tertiary/aromatic N) is 1. The summed E-state index contributed by atoms with van der Waals surface area (Å²) in [5, 5.41) is 3.20. The summed E-state index contributed by atoms with van der Waals surface area (Å²) in [5.41, 5.74) is 3.23. The summed E-state index contributed by atoms with van der Waals surface area (Å²) in [6.45, 7) is 1.21. The average Bonchev–Trinajstić information content (AvgIpc) is 2.78. The fraction of sp³-hybridized carbons (Fsp3) is 0.0800. The largest absolute Gasteiger partial charge is 0.483 e. The minimum atomic E-state index is -0.415. The number of aromatic nitrogens is 1. The van der Waals surface area contributed by atoms with E-state index in [0.29, 0.717) is 33.6 Å². The van der Waals surface area contributed by atoms with Crippen molar-refractivity contribution in [2.24, 2.45) is 0 Å². The Morgan fingerprint density at radius 3 is 2.42 bits per heavy atom. The second-order valence-corrected chi connectivity index (χ2v) is 7.00. The van der Waals surface area contributed by atoms with Crippen molar-refractivity contribution in [2.75, 3.05) is 11.9 Å². The summed E-state index contributed by atoms with van der Waals surface area (Å²) in [4.78, 5) is 28.3. The first kappa shape index (κ1) is 20.2. The second-order valence-electron chi connectivity index (χ2n) is 7.00. The minimum Gasteiger partial charge on any atom is -0.483 e. The molecule has 31 heavy (non-hydrogen) atoms. The van der Waals surface area contributed by atoms with Crippen LogP contribution in [-0.4, -0.2) is 23.3 Å². The van der Waals surface area contributed by atoms with Crippen LogP contribution in [0, 0.1) is 5.82 Å². The molecular weight excluding hydrogens is 395 g/mol. The van der Waals surface area contributed by atoms with Gasteiger partial charge >= 0.3 is 0 Å². The Balaban J connectivity index is 1.56. The van der Waals surface area contributed by atoms with E-state index in [1.165, 1.54) is 19.1 Å². The van der Waals surface area contributed by atoms with E-state index < -0.39 is 5.82 Å². The summed E-state index contributed by atoms with van der Waals surface area (Å²) in [6, 6.07) is 22.1. The molecule has 0 fully saturated rings. The highest BCUT2D eigenvalue weighted by atomic mass is 19.1. The topological polar surface area (TPSA) is 68.3 Å². The lowest BCUT2D eigenvalue weighted by molar-refractivity contribution is -0.118. The van der Waals surface area contributed by atoms with Crippen molar-refractivity contribution in [1.29, 1.82) is 0 Å². The number of pyridine rings is 1. The maximum Gasteiger partial charge on any atom is 0.262 e. The van der Waals surface area contributed by atoms with E-state index in [1.54, 1.807) is 36.4 Å². The lowest BCUT2D eigenvalue weighted by Crippen LogP contribution is -2.20. The number of Topliss-reactive ketones (excluding diaryl/α,β-unsaturated/α-hetero) is 1. The van der Waals surface area contributed by atoms with E-state index in [4.69, 9.17) is 4.74 Å². The van der Waals surface area contributed by atoms with Crippen LogP contribution in [0.3, 0.4) is 0 Å². The van der Waals surface area contributed by atoms with Crippen molar-refractivity contribution in [3.63, 3.8) is 0 Å². The van der Waals surface area contributed by atoms with E-state index in [-0.39, 0.29) is 18.3 Å². The molecule has 1 N–H and O–H groups in total. The Labute approximate surface area is 178 Å². The number of halogens is 1. The average molecular weight is 414 g/mol. The smallest absolute Gasteiger partial charge is 0.262 e. The number of benzene rings is 3. The molecule has 0 radical (unpaired) electrons. The van der Waals surface area contributed by atoms with Crippen molar-refractivity contribution in [1.82, 2.24) is 4.98 Å². The van der Waals surface area contributed by atoms with Crippen molar-refractivity contribution in [3.8, 4) is 17.0 Å². The maximum atomic E-state index is 13.8. The summed E-state index contributed by atoms with van der Waals surface area (Å²) in [6.07, 6.45) is 0. The lowest BCUT2D eigenvalue weighted by Gasteiger charge is -2.12. The molecule has 5 nitrogen and oxygen atoms in total. The fourth-order valence-electron chi connectivity index (χ4n) is 3.17. The van der Waals surface area contributed by atoms with Gasteiger partial charge in [0.2, 0.25) is 0 Å². The van der Waals surface area contributed by atoms with Gasteiger partial charge in [0.05, 0.1) is 11.2 Å². The highest BCUT2D eigenvalue weighted by Gasteiger charge is 2.12. The van der Waals surface area contributed by atoms with E-state index in [0.717, 1.165) is 5.56 Å². The molecule has 0 unspecified atom stereocenters. The molecule has 0 aliphatic carbocycles. The number of ether oxygens (including phenoxy) is 1. The zero-order valence-corrected chi connectivity index (χ0v) is 16.8. The highest BCUT2D eigenvalue weighted by Crippen LogP contribution is 2.30. The van der Waals surface area contributed by atoms with Crippen molar-refractivity contribution in [2.45, 2.75) is 6.92 Å². The van der Waals surface area contributed by atoms with Gasteiger partial charge in [0.25, 0.3) is 5.91 Å². The number of ketones is 1. The number of amides is 1. The van der Waals surface area contributed by atoms with Gasteiger partial charge in [-0.2, -0.15) is 0 Å². The number of carbonyl (C=O) groups is 2. The molecule has 0 spiro atoms. The lowest BCUT2D eigenvalue weighted by atomic mass is 10.1. The van der Waals surface area contributed by atoms with Gasteiger partial charge < -0.3 is 10.1 Å². The molecule has 3 aromatic carbocycles. The van der Waals surface area contributed by atoms with Gasteiger partial charge in [-0.15, -0.1) is 0 Å². The zero-order chi connectivity index (χ0) is 21.8. The Morgan fingerprint density at radius 2 is 1.71 bits per heavy atom. The van der Waals surface area contributed by atoms with Crippen LogP contribution in [0.4, 0.5) is 10.1 Å². The van der Waals surface area contributed by atoms with Gasteiger partial charge in [-0.25, -0.2) is 9.37 Å². The summed E-state index contributed by atoms with van der Waals surface area (Å²) in [7, 11) is 0. The van der Waals surface area contributed by atoms with E-state index in [9.17, 15) is 14.0 Å². The van der Waals surface area contributed by atoms with Crippen LogP contribution in [0.5, 0.6) is 5.75 Å². The van der Waals surface area contributed by atoms with Gasteiger partial charge in [0, 0.05) is 28.3 Å². The summed E-state index contributed by atoms with van der Waals surface area (Å²) >= 11 is 0. The second kappa shape index (κ2) is 8.75. The van der Waals surface area contributed by atoms with Crippen molar-refractivity contribution in [3.05, 3.63) is 90.2 Å². The predicted molar refractivity (Wildman–Crippen MR) is 118 cm³/mol. The predicted octanol–water partition coefficient (Wildman–Crippen LogP) is 5.26. The van der Waals surface area contributed by atoms with Gasteiger partial charge in [-0.3, -0.25) is 9.59 Å². The third kappa shape index (κ3) is 4.75. The first-order valence-corrected chi connectivity index (χ1v) is 9.69. The zero-order valence-electron chi connectivity index (χ0n) is 16.8. The van der Waals surface area contributed by atoms with Crippen LogP contribution < -0.4 is 10.1 Å². The van der Waals surface area contributed by atoms with Crippen molar-refractivity contribution >= 4 is 28.3 Å². The molecule has 0 aliphatic rings. The van der Waals surface area contributed by atoms with Crippen molar-refractivity contribution < 1.29 is 18.7 Å². The molecule has 0 aliphatic heterocycles. The summed E-state index contributed by atoms with van der Waals surface area (Å²) in [5.74, 6) is -0.475. The quantitative estimate of drug-likeness (QED) is 0.437. The van der Waals surface area contributed by atoms with E-state index in [1.807, 2.05) is 30.3 Å². The minimum absolute atomic E-state index is 0.0489. The van der Waals surface area contributed by atoms with Crippen LogP contribution in [0.15, 0.2) is 78.9 Å². The van der Waals surface area contributed by atoms with Crippen LogP contribution in [0.25, 0.3) is 22.2 Å². The number of hydrogen-bond donors (Lipinski definition) is 1. The third-order valence-electron chi connectivity index (χ3n) is 4.74. The van der Waals surface area contributed by atoms with Crippen LogP contribution in [0.1, 0.15) is 17.3 Å². The maximum absolute atomic E-state index is 13.8. The number of rotatable bonds is 6. The van der Waals surface area contributed by atoms with Gasteiger partial charge in [-0.05, 0) is 49.4 Å². The van der Waals surface area contributed by atoms with E-state index >= 15 is 0 Å². The molecule has 1 amide bonds. The Morgan fingerprint density at radius 1 is 0.968 bits per heavy atom. The van der Waals surface area contributed by atoms with Gasteiger partial charge in [0.15, 0.2) is 12.4 Å². The molecule has 1 aromatic heterocycles. The van der Waals surface area contributed by atoms with Crippen LogP contribution in [0.2, 0.25) is 0 Å². The monoisotopic (exact) mass is 414 g/mol. The fourth-order valence-corrected chi connectivity index (χ4v) is 3.17. The van der Waals surface area contributed by atoms with Gasteiger partial charge in [0.1, 0.15) is 11.6 Å². The highest BCUT2D eigenvalue weighted by molar-refractivity contribution is 5.96. The Kier molecular flexibility index (Phi) is 5.71. The van der Waals surface area contributed by atoms with Crippen LogP contribution in [-0.2, 0) is 4.79 Å². The Bertz CT molecular complexity index is 1260. The number of carbonyl (C=O) groups excluding carboxylic acids is 2.